The van der Waals surface area contributed by atoms with E-state index in [1.54, 1.807) is 26.5 Å². The van der Waals surface area contributed by atoms with Crippen molar-refractivity contribution in [2.24, 2.45) is 11.8 Å². The minimum Gasteiger partial charge on any atom is -0.296 e. The molecular weight excluding hydrogens is 314 g/mol. The largest absolute Gasteiger partial charge is 0.296 e. The molecule has 2 atom stereocenters. The molecule has 1 aromatic heterocycles. The van der Waals surface area contributed by atoms with Crippen LogP contribution in [0.4, 0.5) is 0 Å². The predicted molar refractivity (Wildman–Crippen MR) is 87.8 cm³/mol. The Hall–Kier alpha value is -1.09. The number of aromatic nitrogens is 2. The number of nitrogens with one attached hydrogen (secondary N) is 1. The summed E-state index contributed by atoms with van der Waals surface area (Å²) in [6.45, 7) is 4.33. The molecule has 7 nitrogen and oxygen atoms in total. The Labute approximate surface area is 138 Å². The van der Waals surface area contributed by atoms with E-state index < -0.39 is 10.2 Å². The molecule has 1 aliphatic carbocycles. The zero-order valence-corrected chi connectivity index (χ0v) is 14.8. The summed E-state index contributed by atoms with van der Waals surface area (Å²) in [6.07, 6.45) is 5.83. The molecule has 1 aliphatic heterocycles. The maximum Gasteiger partial charge on any atom is 0.279 e. The molecule has 0 unspecified atom stereocenters. The van der Waals surface area contributed by atoms with E-state index in [0.29, 0.717) is 11.8 Å². The van der Waals surface area contributed by atoms with Crippen molar-refractivity contribution in [1.82, 2.24) is 23.9 Å². The third kappa shape index (κ3) is 3.88. The van der Waals surface area contributed by atoms with Crippen LogP contribution >= 0.6 is 0 Å². The fourth-order valence-electron chi connectivity index (χ4n) is 3.27. The van der Waals surface area contributed by atoms with Gasteiger partial charge in [-0.2, -0.15) is 17.4 Å². The Morgan fingerprint density at radius 3 is 2.57 bits per heavy atom. The smallest absolute Gasteiger partial charge is 0.279 e. The molecular formula is C15H25N5O2S. The first kappa shape index (κ1) is 16.8. The molecule has 0 bridgehead atoms. The van der Waals surface area contributed by atoms with Crippen LogP contribution in [0.3, 0.4) is 0 Å². The van der Waals surface area contributed by atoms with E-state index in [4.69, 9.17) is 0 Å². The van der Waals surface area contributed by atoms with Crippen LogP contribution in [-0.4, -0.2) is 60.8 Å². The van der Waals surface area contributed by atoms with Crippen molar-refractivity contribution in [1.29, 1.82) is 0 Å². The van der Waals surface area contributed by atoms with E-state index in [-0.39, 0.29) is 6.04 Å². The Morgan fingerprint density at radius 2 is 1.96 bits per heavy atom. The summed E-state index contributed by atoms with van der Waals surface area (Å²) in [7, 11) is -0.277. The second-order valence-electron chi connectivity index (χ2n) is 6.80. The minimum absolute atomic E-state index is 0.0214. The maximum absolute atomic E-state index is 12.2. The number of nitrogens with zero attached hydrogens (tertiary/aromatic N) is 4. The lowest BCUT2D eigenvalue weighted by atomic mass is 9.99. The molecule has 1 saturated heterocycles. The minimum atomic E-state index is -3.40. The van der Waals surface area contributed by atoms with Crippen molar-refractivity contribution >= 4 is 10.2 Å². The average molecular weight is 339 g/mol. The van der Waals surface area contributed by atoms with Gasteiger partial charge >= 0.3 is 0 Å². The van der Waals surface area contributed by atoms with E-state index >= 15 is 0 Å². The SMILES string of the molecule is Cc1nccnc1CN1C[C@H](NS(=O)(=O)N(C)C)[C@@H](C2CC2)C1. The van der Waals surface area contributed by atoms with Crippen molar-refractivity contribution in [3.63, 3.8) is 0 Å². The summed E-state index contributed by atoms with van der Waals surface area (Å²) >= 11 is 0. The normalized spacial score (nSPS) is 26.1. The van der Waals surface area contributed by atoms with Crippen LogP contribution in [-0.2, 0) is 16.8 Å². The van der Waals surface area contributed by atoms with E-state index in [1.807, 2.05) is 6.92 Å². The Kier molecular flexibility index (Phi) is 4.68. The lowest BCUT2D eigenvalue weighted by Gasteiger charge is -2.21. The molecule has 2 aliphatic rings. The van der Waals surface area contributed by atoms with Gasteiger partial charge in [0, 0.05) is 52.2 Å². The highest BCUT2D eigenvalue weighted by atomic mass is 32.2. The van der Waals surface area contributed by atoms with Gasteiger partial charge in [0.05, 0.1) is 11.4 Å². The predicted octanol–water partition coefficient (Wildman–Crippen LogP) is 0.391. The van der Waals surface area contributed by atoms with Gasteiger partial charge in [-0.3, -0.25) is 14.9 Å². The van der Waals surface area contributed by atoms with Gasteiger partial charge < -0.3 is 0 Å². The first-order valence-corrected chi connectivity index (χ1v) is 9.49. The highest BCUT2D eigenvalue weighted by molar-refractivity contribution is 7.87. The number of hydrogen-bond acceptors (Lipinski definition) is 5. The van der Waals surface area contributed by atoms with Crippen LogP contribution in [0.5, 0.6) is 0 Å². The van der Waals surface area contributed by atoms with Crippen molar-refractivity contribution in [3.05, 3.63) is 23.8 Å². The van der Waals surface area contributed by atoms with E-state index in [9.17, 15) is 8.42 Å². The van der Waals surface area contributed by atoms with Crippen molar-refractivity contribution in [2.45, 2.75) is 32.4 Å². The van der Waals surface area contributed by atoms with Crippen LogP contribution in [0, 0.1) is 18.8 Å². The highest BCUT2D eigenvalue weighted by Gasteiger charge is 2.44. The topological polar surface area (TPSA) is 78.4 Å². The summed E-state index contributed by atoms with van der Waals surface area (Å²) in [5, 5.41) is 0. The van der Waals surface area contributed by atoms with E-state index in [1.165, 1.54) is 17.1 Å². The third-order valence-corrected chi connectivity index (χ3v) is 6.37. The lowest BCUT2D eigenvalue weighted by molar-refractivity contribution is 0.305. The van der Waals surface area contributed by atoms with Gasteiger partial charge in [0.15, 0.2) is 0 Å². The lowest BCUT2D eigenvalue weighted by Crippen LogP contribution is -2.46. The second kappa shape index (κ2) is 6.43. The summed E-state index contributed by atoms with van der Waals surface area (Å²) in [5.41, 5.74) is 1.91. The van der Waals surface area contributed by atoms with Gasteiger partial charge in [-0.1, -0.05) is 0 Å². The molecule has 0 spiro atoms. The molecule has 1 aromatic rings. The van der Waals surface area contributed by atoms with Crippen molar-refractivity contribution in [2.75, 3.05) is 27.2 Å². The monoisotopic (exact) mass is 339 g/mol. The number of likely N-dealkylation sites (tertiary alicyclic amines) is 1. The van der Waals surface area contributed by atoms with E-state index in [2.05, 4.69) is 19.6 Å². The van der Waals surface area contributed by atoms with Gasteiger partial charge in [-0.05, 0) is 31.6 Å². The average Bonchev–Trinajstić information content (AvgIpc) is 3.24. The van der Waals surface area contributed by atoms with Crippen LogP contribution in [0.25, 0.3) is 0 Å². The third-order valence-electron chi connectivity index (χ3n) is 4.81. The van der Waals surface area contributed by atoms with Crippen molar-refractivity contribution < 1.29 is 8.42 Å². The standard InChI is InChI=1S/C15H25N5O2S/c1-11-14(17-7-6-16-11)9-20-8-13(12-4-5-12)15(10-20)18-23(21,22)19(2)3/h6-7,12-13,15,18H,4-5,8-10H2,1-3H3/t13-,15+/m1/s1. The fraction of sp³-hybridized carbons (Fsp3) is 0.733. The van der Waals surface area contributed by atoms with Gasteiger partial charge in [0.2, 0.25) is 0 Å². The Balaban J connectivity index is 1.70. The Morgan fingerprint density at radius 1 is 1.26 bits per heavy atom. The summed E-state index contributed by atoms with van der Waals surface area (Å²) in [6, 6.07) is -0.0214. The molecule has 0 amide bonds. The van der Waals surface area contributed by atoms with Crippen molar-refractivity contribution in [3.8, 4) is 0 Å². The summed E-state index contributed by atoms with van der Waals surface area (Å²) < 4.78 is 28.5. The van der Waals surface area contributed by atoms with Crippen LogP contribution in [0.1, 0.15) is 24.2 Å². The zero-order valence-electron chi connectivity index (χ0n) is 13.9. The van der Waals surface area contributed by atoms with Gasteiger partial charge in [-0.25, -0.2) is 0 Å². The Bertz CT molecular complexity index is 660. The van der Waals surface area contributed by atoms with Gasteiger partial charge in [0.25, 0.3) is 10.2 Å². The molecule has 3 rings (SSSR count). The fourth-order valence-corrected chi connectivity index (χ4v) is 4.11. The molecule has 8 heteroatoms. The number of aryl methyl sites for hydroxylation is 1. The molecule has 23 heavy (non-hydrogen) atoms. The zero-order chi connectivity index (χ0) is 16.6. The first-order valence-electron chi connectivity index (χ1n) is 8.05. The van der Waals surface area contributed by atoms with Crippen LogP contribution < -0.4 is 4.72 Å². The number of rotatable bonds is 6. The quantitative estimate of drug-likeness (QED) is 0.811. The van der Waals surface area contributed by atoms with E-state index in [0.717, 1.165) is 31.0 Å². The molecule has 1 N–H and O–H groups in total. The molecule has 0 radical (unpaired) electrons. The van der Waals surface area contributed by atoms with Crippen LogP contribution in [0.15, 0.2) is 12.4 Å². The molecule has 128 valence electrons. The first-order chi connectivity index (χ1) is 10.9. The highest BCUT2D eigenvalue weighted by Crippen LogP contribution is 2.41. The van der Waals surface area contributed by atoms with Crippen LogP contribution in [0.2, 0.25) is 0 Å². The second-order valence-corrected chi connectivity index (χ2v) is 8.71. The van der Waals surface area contributed by atoms with Gasteiger partial charge in [-0.15, -0.1) is 0 Å². The molecule has 2 heterocycles. The maximum atomic E-state index is 12.2. The molecule has 0 aromatic carbocycles. The number of hydrogen-bond donors (Lipinski definition) is 1. The summed E-state index contributed by atoms with van der Waals surface area (Å²) in [4.78, 5) is 11.0. The molecule has 2 fully saturated rings. The summed E-state index contributed by atoms with van der Waals surface area (Å²) in [5.74, 6) is 1.04. The van der Waals surface area contributed by atoms with Gasteiger partial charge in [0.1, 0.15) is 0 Å². The molecule has 1 saturated carbocycles.